The summed E-state index contributed by atoms with van der Waals surface area (Å²) >= 11 is 0. The maximum Gasteiger partial charge on any atom is 0.311 e. The van der Waals surface area contributed by atoms with Gasteiger partial charge in [-0.2, -0.15) is 0 Å². The summed E-state index contributed by atoms with van der Waals surface area (Å²) in [5, 5.41) is 0.162. The molecule has 4 heteroatoms. The van der Waals surface area contributed by atoms with Crippen molar-refractivity contribution >= 4 is 14.3 Å². The SMILES string of the molecule is CC[C@@H](C(=O)OC)[C@@H](C)O[Si](C)(C)C(C)(C)C. The number of hydrogen-bond donors (Lipinski definition) is 0. The third-order valence-electron chi connectivity index (χ3n) is 3.80. The number of esters is 1. The van der Waals surface area contributed by atoms with Crippen molar-refractivity contribution in [3.63, 3.8) is 0 Å². The van der Waals surface area contributed by atoms with E-state index in [2.05, 4.69) is 33.9 Å². The fraction of sp³-hybridized carbons (Fsp3) is 0.923. The molecule has 0 spiro atoms. The highest BCUT2D eigenvalue weighted by atomic mass is 28.4. The Bertz CT molecular complexity index is 256. The molecule has 0 saturated carbocycles. The fourth-order valence-corrected chi connectivity index (χ4v) is 3.01. The highest BCUT2D eigenvalue weighted by Crippen LogP contribution is 2.38. The van der Waals surface area contributed by atoms with Gasteiger partial charge in [-0.15, -0.1) is 0 Å². The standard InChI is InChI=1S/C13H28O3Si/c1-9-11(12(14)15-6)10(2)16-17(7,8)13(3,4)5/h10-11H,9H2,1-8H3/t10-,11-/m1/s1. The third-order valence-corrected chi connectivity index (χ3v) is 8.37. The van der Waals surface area contributed by atoms with Crippen LogP contribution in [0.15, 0.2) is 0 Å². The van der Waals surface area contributed by atoms with Crippen molar-refractivity contribution in [2.45, 2.75) is 65.3 Å². The van der Waals surface area contributed by atoms with Gasteiger partial charge in [-0.3, -0.25) is 4.79 Å². The van der Waals surface area contributed by atoms with Crippen molar-refractivity contribution in [3.8, 4) is 0 Å². The Labute approximate surface area is 107 Å². The summed E-state index contributed by atoms with van der Waals surface area (Å²) in [6.45, 7) is 15.0. The third kappa shape index (κ3) is 4.43. The average molecular weight is 260 g/mol. The zero-order valence-electron chi connectivity index (χ0n) is 12.6. The highest BCUT2D eigenvalue weighted by Gasteiger charge is 2.40. The summed E-state index contributed by atoms with van der Waals surface area (Å²) in [5.74, 6) is -0.326. The van der Waals surface area contributed by atoms with E-state index in [1.807, 2.05) is 13.8 Å². The molecule has 0 N–H and O–H groups in total. The summed E-state index contributed by atoms with van der Waals surface area (Å²) in [6, 6.07) is 0. The molecule has 0 bridgehead atoms. The first-order valence-electron chi connectivity index (χ1n) is 6.32. The molecule has 0 aliphatic heterocycles. The summed E-state index contributed by atoms with van der Waals surface area (Å²) in [4.78, 5) is 11.6. The molecule has 0 aromatic carbocycles. The van der Waals surface area contributed by atoms with Gasteiger partial charge in [0.2, 0.25) is 0 Å². The first-order chi connectivity index (χ1) is 7.56. The lowest BCUT2D eigenvalue weighted by Crippen LogP contribution is -2.46. The molecule has 0 aliphatic rings. The molecule has 17 heavy (non-hydrogen) atoms. The van der Waals surface area contributed by atoms with Crippen molar-refractivity contribution in [1.29, 1.82) is 0 Å². The van der Waals surface area contributed by atoms with E-state index in [9.17, 15) is 4.79 Å². The molecule has 102 valence electrons. The summed E-state index contributed by atoms with van der Waals surface area (Å²) in [5.41, 5.74) is 0. The molecule has 0 aromatic heterocycles. The molecule has 0 aliphatic carbocycles. The first kappa shape index (κ1) is 16.6. The van der Waals surface area contributed by atoms with E-state index in [0.29, 0.717) is 0 Å². The van der Waals surface area contributed by atoms with Crippen LogP contribution in [0.25, 0.3) is 0 Å². The van der Waals surface area contributed by atoms with Gasteiger partial charge in [-0.1, -0.05) is 27.7 Å². The van der Waals surface area contributed by atoms with Gasteiger partial charge in [0.25, 0.3) is 0 Å². The topological polar surface area (TPSA) is 35.5 Å². The van der Waals surface area contributed by atoms with Crippen molar-refractivity contribution in [1.82, 2.24) is 0 Å². The lowest BCUT2D eigenvalue weighted by Gasteiger charge is -2.39. The number of ether oxygens (including phenoxy) is 1. The van der Waals surface area contributed by atoms with Crippen LogP contribution < -0.4 is 0 Å². The molecule has 2 atom stereocenters. The van der Waals surface area contributed by atoms with Crippen LogP contribution in [0.2, 0.25) is 18.1 Å². The Kier molecular flexibility index (Phi) is 5.88. The predicted molar refractivity (Wildman–Crippen MR) is 73.5 cm³/mol. The number of hydrogen-bond acceptors (Lipinski definition) is 3. The summed E-state index contributed by atoms with van der Waals surface area (Å²) < 4.78 is 11.0. The molecular weight excluding hydrogens is 232 g/mol. The Morgan fingerprint density at radius 1 is 1.29 bits per heavy atom. The lowest BCUT2D eigenvalue weighted by molar-refractivity contribution is -0.148. The van der Waals surface area contributed by atoms with Crippen LogP contribution >= 0.6 is 0 Å². The van der Waals surface area contributed by atoms with Crippen molar-refractivity contribution in [2.24, 2.45) is 5.92 Å². The minimum atomic E-state index is -1.81. The van der Waals surface area contributed by atoms with E-state index in [-0.39, 0.29) is 23.0 Å². The minimum absolute atomic E-state index is 0.0756. The van der Waals surface area contributed by atoms with Crippen LogP contribution in [0.1, 0.15) is 41.0 Å². The quantitative estimate of drug-likeness (QED) is 0.560. The van der Waals surface area contributed by atoms with E-state index in [4.69, 9.17) is 9.16 Å². The van der Waals surface area contributed by atoms with Gasteiger partial charge >= 0.3 is 5.97 Å². The van der Waals surface area contributed by atoms with Gasteiger partial charge in [-0.05, 0) is 31.5 Å². The second kappa shape index (κ2) is 6.00. The van der Waals surface area contributed by atoms with Crippen molar-refractivity contribution in [3.05, 3.63) is 0 Å². The average Bonchev–Trinajstić information content (AvgIpc) is 2.15. The normalized spacial score (nSPS) is 16.5. The number of methoxy groups -OCH3 is 1. The van der Waals surface area contributed by atoms with Crippen molar-refractivity contribution < 1.29 is 14.0 Å². The largest absolute Gasteiger partial charge is 0.469 e. The molecule has 0 radical (unpaired) electrons. The Morgan fingerprint density at radius 2 is 1.76 bits per heavy atom. The van der Waals surface area contributed by atoms with Gasteiger partial charge in [0.15, 0.2) is 8.32 Å². The maximum absolute atomic E-state index is 11.6. The van der Waals surface area contributed by atoms with Gasteiger partial charge in [-0.25, -0.2) is 0 Å². The van der Waals surface area contributed by atoms with Gasteiger partial charge in [0, 0.05) is 0 Å². The number of carbonyl (C=O) groups is 1. The van der Waals surface area contributed by atoms with E-state index >= 15 is 0 Å². The van der Waals surface area contributed by atoms with Crippen LogP contribution in [-0.4, -0.2) is 27.5 Å². The van der Waals surface area contributed by atoms with Crippen LogP contribution in [0.3, 0.4) is 0 Å². The zero-order valence-corrected chi connectivity index (χ0v) is 13.6. The van der Waals surface area contributed by atoms with Crippen molar-refractivity contribution in [2.75, 3.05) is 7.11 Å². The highest BCUT2D eigenvalue weighted by molar-refractivity contribution is 6.74. The van der Waals surface area contributed by atoms with E-state index < -0.39 is 8.32 Å². The molecule has 0 amide bonds. The monoisotopic (exact) mass is 260 g/mol. The fourth-order valence-electron chi connectivity index (χ4n) is 1.57. The molecule has 0 rings (SSSR count). The van der Waals surface area contributed by atoms with E-state index in [0.717, 1.165) is 6.42 Å². The molecule has 0 aromatic rings. The van der Waals surface area contributed by atoms with Crippen LogP contribution in [0.4, 0.5) is 0 Å². The molecule has 0 fully saturated rings. The molecule has 0 heterocycles. The van der Waals surface area contributed by atoms with Gasteiger partial charge in [0.05, 0.1) is 19.1 Å². The Morgan fingerprint density at radius 3 is 2.06 bits per heavy atom. The zero-order chi connectivity index (χ0) is 13.9. The van der Waals surface area contributed by atoms with Crippen LogP contribution in [-0.2, 0) is 14.0 Å². The molecular formula is C13H28O3Si. The van der Waals surface area contributed by atoms with E-state index in [1.165, 1.54) is 7.11 Å². The van der Waals surface area contributed by atoms with Crippen LogP contribution in [0.5, 0.6) is 0 Å². The second-order valence-electron chi connectivity index (χ2n) is 6.12. The Balaban J connectivity index is 4.72. The number of rotatable bonds is 5. The molecule has 3 nitrogen and oxygen atoms in total. The number of carbonyl (C=O) groups excluding carboxylic acids is 1. The molecule has 0 unspecified atom stereocenters. The maximum atomic E-state index is 11.6. The van der Waals surface area contributed by atoms with Gasteiger partial charge < -0.3 is 9.16 Å². The molecule has 0 saturated heterocycles. The second-order valence-corrected chi connectivity index (χ2v) is 10.9. The minimum Gasteiger partial charge on any atom is -0.469 e. The predicted octanol–water partition coefficient (Wildman–Crippen LogP) is 3.60. The Hall–Kier alpha value is -0.353. The van der Waals surface area contributed by atoms with Crippen LogP contribution in [0, 0.1) is 5.92 Å². The lowest BCUT2D eigenvalue weighted by atomic mass is 10.0. The first-order valence-corrected chi connectivity index (χ1v) is 9.23. The van der Waals surface area contributed by atoms with Gasteiger partial charge in [0.1, 0.15) is 0 Å². The van der Waals surface area contributed by atoms with E-state index in [1.54, 1.807) is 0 Å². The summed E-state index contributed by atoms with van der Waals surface area (Å²) in [6.07, 6.45) is 0.677. The smallest absolute Gasteiger partial charge is 0.311 e. The summed E-state index contributed by atoms with van der Waals surface area (Å²) in [7, 11) is -0.379.